The van der Waals surface area contributed by atoms with E-state index in [1.807, 2.05) is 4.90 Å². The van der Waals surface area contributed by atoms with Gasteiger partial charge in [-0.2, -0.15) is 0 Å². The number of hydrogen-bond donors (Lipinski definition) is 1. The van der Waals surface area contributed by atoms with Crippen LogP contribution in [0.15, 0.2) is 0 Å². The van der Waals surface area contributed by atoms with E-state index in [0.29, 0.717) is 12.5 Å². The quantitative estimate of drug-likeness (QED) is 0.799. The Labute approximate surface area is 117 Å². The molecule has 0 saturated carbocycles. The van der Waals surface area contributed by atoms with Crippen molar-refractivity contribution < 1.29 is 9.90 Å². The van der Waals surface area contributed by atoms with Crippen LogP contribution >= 0.6 is 0 Å². The zero-order chi connectivity index (χ0) is 14.4. The van der Waals surface area contributed by atoms with E-state index in [2.05, 4.69) is 32.6 Å². The lowest BCUT2D eigenvalue weighted by molar-refractivity contribution is -0.135. The minimum absolute atomic E-state index is 0.166. The van der Waals surface area contributed by atoms with Gasteiger partial charge in [-0.05, 0) is 39.2 Å². The van der Waals surface area contributed by atoms with Crippen molar-refractivity contribution in [2.45, 2.75) is 59.0 Å². The highest BCUT2D eigenvalue weighted by atomic mass is 16.3. The van der Waals surface area contributed by atoms with Crippen molar-refractivity contribution >= 4 is 5.91 Å². The second-order valence-corrected chi connectivity index (χ2v) is 6.34. The number of likely N-dealkylation sites (tertiary alicyclic amines) is 1. The number of carbonyl (C=O) groups excluding carboxylic acids is 1. The third-order valence-corrected chi connectivity index (χ3v) is 3.80. The largest absolute Gasteiger partial charge is 0.395 e. The molecule has 4 heteroatoms. The topological polar surface area (TPSA) is 43.8 Å². The number of amides is 1. The Hall–Kier alpha value is -0.610. The van der Waals surface area contributed by atoms with Crippen molar-refractivity contribution in [3.05, 3.63) is 0 Å². The fourth-order valence-corrected chi connectivity index (χ4v) is 2.73. The van der Waals surface area contributed by atoms with E-state index in [-0.39, 0.29) is 24.6 Å². The molecule has 19 heavy (non-hydrogen) atoms. The van der Waals surface area contributed by atoms with Crippen LogP contribution in [-0.4, -0.2) is 59.1 Å². The van der Waals surface area contributed by atoms with Gasteiger partial charge in [0.25, 0.3) is 0 Å². The number of nitrogens with zero attached hydrogens (tertiary/aromatic N) is 2. The van der Waals surface area contributed by atoms with Crippen molar-refractivity contribution in [2.75, 3.05) is 26.2 Å². The van der Waals surface area contributed by atoms with Gasteiger partial charge in [0.15, 0.2) is 0 Å². The molecule has 1 atom stereocenters. The molecule has 0 aromatic rings. The maximum absolute atomic E-state index is 12.5. The van der Waals surface area contributed by atoms with Crippen molar-refractivity contribution in [1.29, 1.82) is 0 Å². The fourth-order valence-electron chi connectivity index (χ4n) is 2.73. The third kappa shape index (κ3) is 5.11. The standard InChI is InChI=1S/C15H30N2O2/c1-12(2)9-17(13(3)4)15(19)10-16-8-6-5-7-14(16)11-18/h12-14,18H,5-11H2,1-4H3. The van der Waals surface area contributed by atoms with Gasteiger partial charge in [0.1, 0.15) is 0 Å². The molecule has 1 aliphatic rings. The van der Waals surface area contributed by atoms with Crippen LogP contribution in [0.25, 0.3) is 0 Å². The van der Waals surface area contributed by atoms with Gasteiger partial charge in [0.05, 0.1) is 13.2 Å². The molecule has 0 radical (unpaired) electrons. The number of hydrogen-bond acceptors (Lipinski definition) is 3. The van der Waals surface area contributed by atoms with Crippen molar-refractivity contribution in [1.82, 2.24) is 9.80 Å². The van der Waals surface area contributed by atoms with E-state index >= 15 is 0 Å². The maximum atomic E-state index is 12.5. The summed E-state index contributed by atoms with van der Waals surface area (Å²) in [4.78, 5) is 16.6. The summed E-state index contributed by atoms with van der Waals surface area (Å²) in [7, 11) is 0. The summed E-state index contributed by atoms with van der Waals surface area (Å²) < 4.78 is 0. The van der Waals surface area contributed by atoms with Crippen LogP contribution in [0.1, 0.15) is 47.0 Å². The first-order valence-corrected chi connectivity index (χ1v) is 7.60. The van der Waals surface area contributed by atoms with Crippen LogP contribution < -0.4 is 0 Å². The molecule has 0 bridgehead atoms. The lowest BCUT2D eigenvalue weighted by Gasteiger charge is -2.36. The minimum Gasteiger partial charge on any atom is -0.395 e. The van der Waals surface area contributed by atoms with E-state index in [1.165, 1.54) is 0 Å². The molecular formula is C15H30N2O2. The van der Waals surface area contributed by atoms with Crippen molar-refractivity contribution in [3.63, 3.8) is 0 Å². The highest BCUT2D eigenvalue weighted by Gasteiger charge is 2.26. The smallest absolute Gasteiger partial charge is 0.236 e. The van der Waals surface area contributed by atoms with Crippen LogP contribution in [0.5, 0.6) is 0 Å². The Bertz CT molecular complexity index is 279. The molecule has 1 fully saturated rings. The lowest BCUT2D eigenvalue weighted by Crippen LogP contribution is -2.50. The molecule has 1 heterocycles. The highest BCUT2D eigenvalue weighted by molar-refractivity contribution is 5.78. The maximum Gasteiger partial charge on any atom is 0.236 e. The van der Waals surface area contributed by atoms with Crippen LogP contribution in [0, 0.1) is 5.92 Å². The van der Waals surface area contributed by atoms with Gasteiger partial charge in [0.2, 0.25) is 5.91 Å². The van der Waals surface area contributed by atoms with E-state index in [0.717, 1.165) is 32.4 Å². The first-order chi connectivity index (χ1) is 8.95. The average Bonchev–Trinajstić information content (AvgIpc) is 2.36. The van der Waals surface area contributed by atoms with Crippen LogP contribution in [0.3, 0.4) is 0 Å². The molecule has 112 valence electrons. The van der Waals surface area contributed by atoms with Crippen molar-refractivity contribution in [3.8, 4) is 0 Å². The Balaban J connectivity index is 2.59. The predicted molar refractivity (Wildman–Crippen MR) is 78.0 cm³/mol. The van der Waals surface area contributed by atoms with Gasteiger partial charge in [-0.1, -0.05) is 20.3 Å². The number of rotatable bonds is 6. The molecule has 0 spiro atoms. The lowest BCUT2D eigenvalue weighted by atomic mass is 10.0. The first kappa shape index (κ1) is 16.4. The molecule has 1 N–H and O–H groups in total. The van der Waals surface area contributed by atoms with E-state index < -0.39 is 0 Å². The fraction of sp³-hybridized carbons (Fsp3) is 0.933. The zero-order valence-electron chi connectivity index (χ0n) is 12.9. The summed E-state index contributed by atoms with van der Waals surface area (Å²) in [6, 6.07) is 0.415. The van der Waals surface area contributed by atoms with Crippen LogP contribution in [0.2, 0.25) is 0 Å². The molecule has 4 nitrogen and oxygen atoms in total. The van der Waals surface area contributed by atoms with Gasteiger partial charge in [-0.25, -0.2) is 0 Å². The number of aliphatic hydroxyl groups excluding tert-OH is 1. The van der Waals surface area contributed by atoms with Gasteiger partial charge in [-0.3, -0.25) is 9.69 Å². The van der Waals surface area contributed by atoms with Gasteiger partial charge >= 0.3 is 0 Å². The molecule has 1 saturated heterocycles. The molecule has 1 unspecified atom stereocenters. The van der Waals surface area contributed by atoms with Crippen molar-refractivity contribution in [2.24, 2.45) is 5.92 Å². The Morgan fingerprint density at radius 2 is 2.00 bits per heavy atom. The zero-order valence-corrected chi connectivity index (χ0v) is 12.9. The molecule has 1 aliphatic heterocycles. The number of aliphatic hydroxyl groups is 1. The summed E-state index contributed by atoms with van der Waals surface area (Å²) in [5, 5.41) is 9.40. The Morgan fingerprint density at radius 3 is 2.53 bits per heavy atom. The monoisotopic (exact) mass is 270 g/mol. The first-order valence-electron chi connectivity index (χ1n) is 7.60. The third-order valence-electron chi connectivity index (χ3n) is 3.80. The Kier molecular flexibility index (Phi) is 6.80. The van der Waals surface area contributed by atoms with Crippen LogP contribution in [-0.2, 0) is 4.79 Å². The molecule has 1 rings (SSSR count). The molecule has 0 aromatic heterocycles. The van der Waals surface area contributed by atoms with E-state index in [1.54, 1.807) is 0 Å². The summed E-state index contributed by atoms with van der Waals surface area (Å²) in [6.07, 6.45) is 3.31. The summed E-state index contributed by atoms with van der Waals surface area (Å²) in [6.45, 7) is 10.8. The summed E-state index contributed by atoms with van der Waals surface area (Å²) in [5.74, 6) is 0.686. The average molecular weight is 270 g/mol. The van der Waals surface area contributed by atoms with E-state index in [4.69, 9.17) is 0 Å². The minimum atomic E-state index is 0.166. The second kappa shape index (κ2) is 7.85. The predicted octanol–water partition coefficient (Wildman–Crippen LogP) is 1.73. The summed E-state index contributed by atoms with van der Waals surface area (Å²) >= 11 is 0. The van der Waals surface area contributed by atoms with Gasteiger partial charge in [-0.15, -0.1) is 0 Å². The van der Waals surface area contributed by atoms with Gasteiger partial charge < -0.3 is 10.0 Å². The SMILES string of the molecule is CC(C)CN(C(=O)CN1CCCCC1CO)C(C)C. The number of carbonyl (C=O) groups is 1. The van der Waals surface area contributed by atoms with E-state index in [9.17, 15) is 9.90 Å². The van der Waals surface area contributed by atoms with Crippen LogP contribution in [0.4, 0.5) is 0 Å². The molecule has 0 aliphatic carbocycles. The summed E-state index contributed by atoms with van der Waals surface area (Å²) in [5.41, 5.74) is 0. The molecule has 0 aromatic carbocycles. The molecule has 1 amide bonds. The molecular weight excluding hydrogens is 240 g/mol. The normalized spacial score (nSPS) is 21.1. The highest BCUT2D eigenvalue weighted by Crippen LogP contribution is 2.17. The Morgan fingerprint density at radius 1 is 1.32 bits per heavy atom. The second-order valence-electron chi connectivity index (χ2n) is 6.34. The number of piperidine rings is 1. The van der Waals surface area contributed by atoms with Gasteiger partial charge in [0, 0.05) is 18.6 Å².